The Morgan fingerprint density at radius 2 is 2.22 bits per heavy atom. The number of carbonyl (C=O) groups excluding carboxylic acids is 1. The first-order valence-corrected chi connectivity index (χ1v) is 8.17. The predicted molar refractivity (Wildman–Crippen MR) is 83.2 cm³/mol. The van der Waals surface area contributed by atoms with Gasteiger partial charge in [-0.05, 0) is 37.8 Å². The van der Waals surface area contributed by atoms with Crippen LogP contribution in [0.5, 0.6) is 0 Å². The zero-order valence-electron chi connectivity index (χ0n) is 13.2. The van der Waals surface area contributed by atoms with E-state index in [0.29, 0.717) is 24.8 Å². The fourth-order valence-corrected chi connectivity index (χ4v) is 3.14. The van der Waals surface area contributed by atoms with E-state index in [1.807, 2.05) is 11.8 Å². The lowest BCUT2D eigenvalue weighted by molar-refractivity contribution is -0.123. The first-order valence-electron chi connectivity index (χ1n) is 8.17. The van der Waals surface area contributed by atoms with Crippen LogP contribution in [-0.4, -0.2) is 38.3 Å². The lowest BCUT2D eigenvalue weighted by Crippen LogP contribution is -2.32. The van der Waals surface area contributed by atoms with Crippen molar-refractivity contribution in [2.24, 2.45) is 11.8 Å². The minimum atomic E-state index is -0.829. The number of carbonyl (C=O) groups is 1. The van der Waals surface area contributed by atoms with Crippen LogP contribution in [0.3, 0.4) is 0 Å². The van der Waals surface area contributed by atoms with Gasteiger partial charge in [0.15, 0.2) is 11.6 Å². The first-order chi connectivity index (χ1) is 11.1. The highest BCUT2D eigenvalue weighted by molar-refractivity contribution is 5.82. The monoisotopic (exact) mass is 324 g/mol. The molecule has 3 atom stereocenters. The van der Waals surface area contributed by atoms with Gasteiger partial charge in [-0.2, -0.15) is 0 Å². The molecule has 1 saturated carbocycles. The molecule has 23 heavy (non-hydrogen) atoms. The van der Waals surface area contributed by atoms with Gasteiger partial charge in [0.2, 0.25) is 5.91 Å². The van der Waals surface area contributed by atoms with Crippen LogP contribution in [0.1, 0.15) is 19.8 Å². The largest absolute Gasteiger partial charge is 0.378 e. The minimum Gasteiger partial charge on any atom is -0.378 e. The van der Waals surface area contributed by atoms with Crippen LogP contribution in [-0.2, 0) is 9.53 Å². The Morgan fingerprint density at radius 3 is 2.96 bits per heavy atom. The number of hydrogen-bond donors (Lipinski definition) is 1. The number of nitrogens with zero attached hydrogens (tertiary/aromatic N) is 1. The van der Waals surface area contributed by atoms with Crippen molar-refractivity contribution >= 4 is 11.6 Å². The van der Waals surface area contributed by atoms with Crippen molar-refractivity contribution in [2.75, 3.05) is 31.1 Å². The number of hydrogen-bond acceptors (Lipinski definition) is 3. The number of benzene rings is 1. The Kier molecular flexibility index (Phi) is 4.80. The summed E-state index contributed by atoms with van der Waals surface area (Å²) in [5.74, 6) is -1.26. The molecule has 1 amide bonds. The third-order valence-electron chi connectivity index (χ3n) is 4.57. The zero-order valence-corrected chi connectivity index (χ0v) is 13.2. The van der Waals surface area contributed by atoms with E-state index in [-0.39, 0.29) is 17.9 Å². The Morgan fingerprint density at radius 1 is 1.39 bits per heavy atom. The third kappa shape index (κ3) is 3.80. The van der Waals surface area contributed by atoms with Crippen LogP contribution < -0.4 is 10.2 Å². The van der Waals surface area contributed by atoms with Crippen molar-refractivity contribution in [3.8, 4) is 0 Å². The maximum absolute atomic E-state index is 13.3. The first kappa shape index (κ1) is 16.2. The molecule has 126 valence electrons. The highest BCUT2D eigenvalue weighted by Gasteiger charge is 2.44. The van der Waals surface area contributed by atoms with Crippen molar-refractivity contribution in [1.29, 1.82) is 0 Å². The molecule has 0 spiro atoms. The van der Waals surface area contributed by atoms with Gasteiger partial charge in [-0.15, -0.1) is 0 Å². The highest BCUT2D eigenvalue weighted by Crippen LogP contribution is 2.34. The number of nitrogens with one attached hydrogen (secondary N) is 1. The van der Waals surface area contributed by atoms with Crippen LogP contribution in [0.25, 0.3) is 0 Å². The van der Waals surface area contributed by atoms with Crippen LogP contribution in [0.15, 0.2) is 18.2 Å². The van der Waals surface area contributed by atoms with Crippen LogP contribution in [0, 0.1) is 23.5 Å². The average molecular weight is 324 g/mol. The Balaban J connectivity index is 1.45. The predicted octanol–water partition coefficient (Wildman–Crippen LogP) is 2.33. The lowest BCUT2D eigenvalue weighted by atomic mass is 10.1. The average Bonchev–Trinajstić information content (AvgIpc) is 3.14. The van der Waals surface area contributed by atoms with Gasteiger partial charge in [-0.3, -0.25) is 4.79 Å². The molecule has 3 rings (SSSR count). The number of rotatable bonds is 6. The second-order valence-electron chi connectivity index (χ2n) is 6.28. The van der Waals surface area contributed by atoms with E-state index in [1.165, 1.54) is 6.07 Å². The Hall–Kier alpha value is -1.69. The number of halogens is 2. The van der Waals surface area contributed by atoms with E-state index >= 15 is 0 Å². The molecule has 1 heterocycles. The van der Waals surface area contributed by atoms with E-state index in [1.54, 1.807) is 6.07 Å². The molecule has 6 heteroatoms. The Bertz CT molecular complexity index is 582. The van der Waals surface area contributed by atoms with E-state index in [0.717, 1.165) is 32.0 Å². The summed E-state index contributed by atoms with van der Waals surface area (Å²) in [7, 11) is 0. The minimum absolute atomic E-state index is 0.00125. The van der Waals surface area contributed by atoms with E-state index in [2.05, 4.69) is 5.32 Å². The van der Waals surface area contributed by atoms with Crippen molar-refractivity contribution < 1.29 is 18.3 Å². The van der Waals surface area contributed by atoms with Gasteiger partial charge in [0.1, 0.15) is 0 Å². The van der Waals surface area contributed by atoms with Crippen molar-refractivity contribution in [3.63, 3.8) is 0 Å². The lowest BCUT2D eigenvalue weighted by Gasteiger charge is -2.19. The summed E-state index contributed by atoms with van der Waals surface area (Å²) in [4.78, 5) is 14.0. The van der Waals surface area contributed by atoms with E-state index in [4.69, 9.17) is 4.74 Å². The summed E-state index contributed by atoms with van der Waals surface area (Å²) >= 11 is 0. The van der Waals surface area contributed by atoms with Gasteiger partial charge in [0.25, 0.3) is 0 Å². The molecule has 1 aromatic carbocycles. The van der Waals surface area contributed by atoms with Gasteiger partial charge in [0, 0.05) is 38.0 Å². The normalized spacial score (nSPS) is 26.4. The van der Waals surface area contributed by atoms with Gasteiger partial charge in [0.05, 0.1) is 12.0 Å². The van der Waals surface area contributed by atoms with E-state index < -0.39 is 11.6 Å². The van der Waals surface area contributed by atoms with Crippen LogP contribution in [0.4, 0.5) is 14.5 Å². The molecule has 4 nitrogen and oxygen atoms in total. The summed E-state index contributed by atoms with van der Waals surface area (Å²) in [5.41, 5.74) is 0.691. The molecule has 0 unspecified atom stereocenters. The fraction of sp³-hybridized carbons (Fsp3) is 0.588. The summed E-state index contributed by atoms with van der Waals surface area (Å²) in [6.45, 7) is 4.72. The van der Waals surface area contributed by atoms with Crippen LogP contribution >= 0.6 is 0 Å². The number of anilines is 1. The third-order valence-corrected chi connectivity index (χ3v) is 4.57. The number of amides is 1. The topological polar surface area (TPSA) is 41.6 Å². The molecule has 1 aliphatic heterocycles. The quantitative estimate of drug-likeness (QED) is 0.873. The molecule has 2 fully saturated rings. The van der Waals surface area contributed by atoms with Gasteiger partial charge in [-0.1, -0.05) is 0 Å². The smallest absolute Gasteiger partial charge is 0.225 e. The highest BCUT2D eigenvalue weighted by atomic mass is 19.2. The molecule has 0 radical (unpaired) electrons. The summed E-state index contributed by atoms with van der Waals surface area (Å²) in [5, 5.41) is 2.99. The molecule has 2 aliphatic rings. The maximum atomic E-state index is 13.3. The van der Waals surface area contributed by atoms with Crippen LogP contribution in [0.2, 0.25) is 0 Å². The van der Waals surface area contributed by atoms with Gasteiger partial charge < -0.3 is 15.0 Å². The van der Waals surface area contributed by atoms with Crippen molar-refractivity contribution in [3.05, 3.63) is 29.8 Å². The molecule has 1 aromatic rings. The van der Waals surface area contributed by atoms with Crippen molar-refractivity contribution in [2.45, 2.75) is 25.9 Å². The van der Waals surface area contributed by atoms with Gasteiger partial charge in [-0.25, -0.2) is 8.78 Å². The molecule has 1 N–H and O–H groups in total. The van der Waals surface area contributed by atoms with E-state index in [9.17, 15) is 13.6 Å². The molecule has 1 aliphatic carbocycles. The molecular weight excluding hydrogens is 302 g/mol. The second-order valence-corrected chi connectivity index (χ2v) is 6.28. The summed E-state index contributed by atoms with van der Waals surface area (Å²) in [6, 6.07) is 3.98. The maximum Gasteiger partial charge on any atom is 0.225 e. The van der Waals surface area contributed by atoms with Gasteiger partial charge >= 0.3 is 0 Å². The molecule has 1 saturated heterocycles. The molecule has 0 aromatic heterocycles. The second kappa shape index (κ2) is 6.83. The summed E-state index contributed by atoms with van der Waals surface area (Å²) < 4.78 is 31.7. The SMILES string of the molecule is CCO[C@@H]1C[C@@H]1C(=O)NC[C@H]1CCN(c2ccc(F)c(F)c2)C1. The summed E-state index contributed by atoms with van der Waals surface area (Å²) in [6.07, 6.45) is 1.83. The van der Waals surface area contributed by atoms with Crippen molar-refractivity contribution in [1.82, 2.24) is 5.32 Å². The number of ether oxygens (including phenoxy) is 1. The molecule has 0 bridgehead atoms. The zero-order chi connectivity index (χ0) is 16.4. The fourth-order valence-electron chi connectivity index (χ4n) is 3.14. The standard InChI is InChI=1S/C17H22F2N2O2/c1-2-23-16-8-13(16)17(22)20-9-11-5-6-21(10-11)12-3-4-14(18)15(19)7-12/h3-4,7,11,13,16H,2,5-6,8-10H2,1H3,(H,20,22)/t11-,13+,16-/m1/s1. The molecular formula is C17H22F2N2O2. The Labute approximate surface area is 134 Å².